The van der Waals surface area contributed by atoms with Gasteiger partial charge in [-0.25, -0.2) is 9.59 Å². The molecule has 2 unspecified atom stereocenters. The number of nitrogens with zero attached hydrogens (tertiary/aromatic N) is 6. The van der Waals surface area contributed by atoms with E-state index in [1.165, 1.54) is 37.8 Å². The number of nitrogens with one attached hydrogen (secondary N) is 6. The van der Waals surface area contributed by atoms with Crippen LogP contribution in [0, 0.1) is 13.8 Å². The minimum atomic E-state index is -0.401. The van der Waals surface area contributed by atoms with Gasteiger partial charge in [0.25, 0.3) is 11.1 Å². The molecule has 2 rings (SSSR count). The maximum Gasteiger partial charge on any atom is 0.321 e. The summed E-state index contributed by atoms with van der Waals surface area (Å²) in [6.07, 6.45) is 8.85. The van der Waals surface area contributed by atoms with Gasteiger partial charge in [0, 0.05) is 42.9 Å². The number of carbonyl (C=O) groups is 2. The lowest BCUT2D eigenvalue weighted by atomic mass is 10.1. The molecule has 0 fully saturated rings. The fourth-order valence-corrected chi connectivity index (χ4v) is 6.70. The molecule has 4 amide bonds. The van der Waals surface area contributed by atoms with Crippen LogP contribution in [0.3, 0.4) is 0 Å². The van der Waals surface area contributed by atoms with Crippen LogP contribution in [-0.4, -0.2) is 172 Å². The Hall–Kier alpha value is -3.86. The first-order valence-corrected chi connectivity index (χ1v) is 19.7. The van der Waals surface area contributed by atoms with Crippen molar-refractivity contribution < 1.29 is 27.5 Å². The van der Waals surface area contributed by atoms with Gasteiger partial charge < -0.3 is 38.5 Å². The Morgan fingerprint density at radius 3 is 1.31 bits per heavy atom. The zero-order chi connectivity index (χ0) is 40.4. The number of hydrogen-bond donors (Lipinski definition) is 6. The maximum atomic E-state index is 12.7. The van der Waals surface area contributed by atoms with Crippen molar-refractivity contribution in [3.05, 3.63) is 44.2 Å². The van der Waals surface area contributed by atoms with Crippen LogP contribution < -0.4 is 32.4 Å². The van der Waals surface area contributed by atoms with Crippen molar-refractivity contribution in [3.8, 4) is 0 Å². The van der Waals surface area contributed by atoms with Gasteiger partial charge in [0.15, 0.2) is 0 Å². The molecule has 16 nitrogen and oxygen atoms in total. The van der Waals surface area contributed by atoms with Crippen molar-refractivity contribution in [2.45, 2.75) is 65.2 Å². The largest absolute Gasteiger partial charge is 0.338 e. The molecule has 306 valence electrons. The topological polar surface area (TPSA) is 174 Å². The van der Waals surface area contributed by atoms with Crippen LogP contribution in [0.4, 0.5) is 21.5 Å². The van der Waals surface area contributed by atoms with Gasteiger partial charge in [-0.05, 0) is 52.4 Å². The molecule has 0 aromatic carbocycles. The number of amides is 4. The third-order valence-corrected chi connectivity index (χ3v) is 9.77. The van der Waals surface area contributed by atoms with Gasteiger partial charge in [-0.3, -0.25) is 20.2 Å². The number of anilines is 2. The number of aryl methyl sites for hydroxylation is 2. The molecule has 2 heterocycles. The Labute approximate surface area is 323 Å². The van der Waals surface area contributed by atoms with E-state index in [0.717, 1.165) is 96.0 Å². The second kappa shape index (κ2) is 21.9. The van der Waals surface area contributed by atoms with E-state index in [1.54, 1.807) is 13.8 Å². The summed E-state index contributed by atoms with van der Waals surface area (Å²) in [5, 5.41) is 11.2. The lowest BCUT2D eigenvalue weighted by molar-refractivity contribution is -0.927. The van der Waals surface area contributed by atoms with Gasteiger partial charge in [-0.1, -0.05) is 0 Å². The lowest BCUT2D eigenvalue weighted by Gasteiger charge is -2.38. The summed E-state index contributed by atoms with van der Waals surface area (Å²) >= 11 is 0. The van der Waals surface area contributed by atoms with Crippen molar-refractivity contribution >= 4 is 24.0 Å². The van der Waals surface area contributed by atoms with Crippen LogP contribution in [-0.2, 0) is 0 Å². The van der Waals surface area contributed by atoms with Gasteiger partial charge in [0.05, 0.1) is 115 Å². The van der Waals surface area contributed by atoms with Crippen molar-refractivity contribution in [2.24, 2.45) is 0 Å². The number of hydrogen-bond acceptors (Lipinski definition) is 6. The molecule has 0 saturated heterocycles. The molecule has 0 aliphatic heterocycles. The Balaban J connectivity index is 2.01. The second-order valence-corrected chi connectivity index (χ2v) is 17.7. The molecule has 0 aliphatic rings. The second-order valence-electron chi connectivity index (χ2n) is 17.7. The molecule has 16 heteroatoms. The SMILES string of the molecule is Cc1cc(=O)nc(NC(=O)NCCC[N+](C)(CCCCC[N+](C)(C)C)CCC[N+](C)(CCCCC[N+](C)(C)C)CCNC(=O)Nc2nc(=O)cc(C)[nH]2)[nH]1. The molecule has 0 radical (unpaired) electrons. The van der Waals surface area contributed by atoms with Crippen LogP contribution in [0.2, 0.25) is 0 Å². The Kier molecular flexibility index (Phi) is 18.8. The molecule has 0 saturated carbocycles. The van der Waals surface area contributed by atoms with Crippen LogP contribution in [0.25, 0.3) is 0 Å². The van der Waals surface area contributed by atoms with Crippen molar-refractivity contribution in [3.63, 3.8) is 0 Å². The number of likely N-dealkylation sites (N-methyl/N-ethyl adjacent to an activating group) is 1. The van der Waals surface area contributed by atoms with E-state index < -0.39 is 23.2 Å². The number of unbranched alkanes of at least 4 members (excludes halogenated alkanes) is 4. The summed E-state index contributed by atoms with van der Waals surface area (Å²) in [5.74, 6) is 0.272. The van der Waals surface area contributed by atoms with E-state index >= 15 is 0 Å². The first-order chi connectivity index (χ1) is 25.1. The highest BCUT2D eigenvalue weighted by molar-refractivity contribution is 5.87. The van der Waals surface area contributed by atoms with Gasteiger partial charge in [0.2, 0.25) is 11.9 Å². The Morgan fingerprint density at radius 2 is 0.889 bits per heavy atom. The Bertz CT molecular complexity index is 1560. The summed E-state index contributed by atoms with van der Waals surface area (Å²) < 4.78 is 3.70. The number of aromatic nitrogens is 4. The molecule has 6 N–H and O–H groups in total. The predicted octanol–water partition coefficient (Wildman–Crippen LogP) is 2.84. The monoisotopic (exact) mass is 763 g/mol. The summed E-state index contributed by atoms with van der Waals surface area (Å²) in [6.45, 7) is 12.6. The van der Waals surface area contributed by atoms with Crippen LogP contribution >= 0.6 is 0 Å². The van der Waals surface area contributed by atoms with E-state index in [0.29, 0.717) is 24.5 Å². The smallest absolute Gasteiger partial charge is 0.321 e. The van der Waals surface area contributed by atoms with Crippen LogP contribution in [0.1, 0.15) is 62.8 Å². The quantitative estimate of drug-likeness (QED) is 0.0671. The lowest BCUT2D eigenvalue weighted by Crippen LogP contribution is -2.53. The van der Waals surface area contributed by atoms with Crippen molar-refractivity contribution in [1.29, 1.82) is 0 Å². The summed E-state index contributed by atoms with van der Waals surface area (Å²) in [7, 11) is 18.0. The van der Waals surface area contributed by atoms with E-state index in [-0.39, 0.29) is 11.9 Å². The van der Waals surface area contributed by atoms with Gasteiger partial charge in [-0.15, -0.1) is 0 Å². The Morgan fingerprint density at radius 1 is 0.519 bits per heavy atom. The highest BCUT2D eigenvalue weighted by Crippen LogP contribution is 2.15. The molecule has 2 aromatic rings. The average Bonchev–Trinajstić information content (AvgIpc) is 3.01. The van der Waals surface area contributed by atoms with Gasteiger partial charge in [0.1, 0.15) is 0 Å². The standard InChI is InChI=1S/C38H70N12O4/c1-31-29-33(51)43-35(41-31)45-37(53)39-19-17-25-49(9,23-15-11-13-21-47(3,4)5)26-18-27-50(10,24-16-12-14-22-48(6,7)8)28-20-40-38(54)46-36-42-32(2)30-34(52)44-36/h29-30H,11-28H2,1-10H3,(H2-4,39,40,41,42,43,44,45,46,51,52,53,54)/p+4. The summed E-state index contributed by atoms with van der Waals surface area (Å²) in [6, 6.07) is 1.98. The predicted molar refractivity (Wildman–Crippen MR) is 218 cm³/mol. The third kappa shape index (κ3) is 21.1. The average molecular weight is 763 g/mol. The van der Waals surface area contributed by atoms with Gasteiger partial charge in [-0.2, -0.15) is 9.97 Å². The zero-order valence-electron chi connectivity index (χ0n) is 35.2. The van der Waals surface area contributed by atoms with E-state index in [2.05, 4.69) is 97.6 Å². The number of H-pyrrole nitrogens is 2. The minimum absolute atomic E-state index is 0.136. The highest BCUT2D eigenvalue weighted by atomic mass is 16.2. The normalized spacial score (nSPS) is 14.2. The van der Waals surface area contributed by atoms with E-state index in [4.69, 9.17) is 0 Å². The van der Waals surface area contributed by atoms with Crippen molar-refractivity contribution in [2.75, 3.05) is 132 Å². The zero-order valence-corrected chi connectivity index (χ0v) is 35.2. The summed E-state index contributed by atoms with van der Waals surface area (Å²) in [4.78, 5) is 62.2. The number of carbonyl (C=O) groups excluding carboxylic acids is 2. The molecular formula is C38H74N12O4+4. The first kappa shape index (κ1) is 46.3. The van der Waals surface area contributed by atoms with Crippen molar-refractivity contribution in [1.82, 2.24) is 30.6 Å². The third-order valence-electron chi connectivity index (χ3n) is 9.77. The van der Waals surface area contributed by atoms with Crippen LogP contribution in [0.5, 0.6) is 0 Å². The fourth-order valence-electron chi connectivity index (χ4n) is 6.70. The number of rotatable bonds is 25. The molecular weight excluding hydrogens is 688 g/mol. The minimum Gasteiger partial charge on any atom is -0.338 e. The summed E-state index contributed by atoms with van der Waals surface area (Å²) in [5.41, 5.74) is 0.458. The number of quaternary nitrogens is 4. The molecule has 2 aromatic heterocycles. The van der Waals surface area contributed by atoms with Gasteiger partial charge >= 0.3 is 12.1 Å². The van der Waals surface area contributed by atoms with Crippen LogP contribution in [0.15, 0.2) is 21.7 Å². The molecule has 0 aliphatic carbocycles. The first-order valence-electron chi connectivity index (χ1n) is 19.7. The molecule has 54 heavy (non-hydrogen) atoms. The molecule has 2 atom stereocenters. The fraction of sp³-hybridized carbons (Fsp3) is 0.737. The number of urea groups is 2. The maximum absolute atomic E-state index is 12.7. The highest BCUT2D eigenvalue weighted by Gasteiger charge is 2.26. The molecule has 0 bridgehead atoms. The molecule has 0 spiro atoms. The van der Waals surface area contributed by atoms with E-state index in [9.17, 15) is 19.2 Å². The van der Waals surface area contributed by atoms with E-state index in [1.807, 2.05) is 0 Å². The number of aromatic amines is 2.